The van der Waals surface area contributed by atoms with Gasteiger partial charge in [0, 0.05) is 12.6 Å². The third kappa shape index (κ3) is 4.52. The van der Waals surface area contributed by atoms with Crippen LogP contribution >= 0.6 is 0 Å². The molecule has 0 spiro atoms. The van der Waals surface area contributed by atoms with Crippen molar-refractivity contribution in [2.45, 2.75) is 53.0 Å². The molecule has 1 aliphatic carbocycles. The zero-order valence-corrected chi connectivity index (χ0v) is 11.0. The smallest absolute Gasteiger partial charge is 0.308 e. The van der Waals surface area contributed by atoms with Gasteiger partial charge in [-0.3, -0.25) is 4.79 Å². The molecular weight excluding hydrogens is 202 g/mol. The molecule has 0 aliphatic heterocycles. The van der Waals surface area contributed by atoms with E-state index in [1.807, 2.05) is 6.92 Å². The van der Waals surface area contributed by atoms with Gasteiger partial charge < -0.3 is 10.1 Å². The average Bonchev–Trinajstić information content (AvgIpc) is 2.62. The summed E-state index contributed by atoms with van der Waals surface area (Å²) in [6, 6.07) is 0.494. The maximum absolute atomic E-state index is 11.5. The summed E-state index contributed by atoms with van der Waals surface area (Å²) in [6.45, 7) is 10.0. The van der Waals surface area contributed by atoms with Gasteiger partial charge in [-0.25, -0.2) is 0 Å². The zero-order valence-electron chi connectivity index (χ0n) is 11.0. The van der Waals surface area contributed by atoms with Crippen molar-refractivity contribution >= 4 is 5.97 Å². The lowest BCUT2D eigenvalue weighted by molar-refractivity contribution is -0.147. The van der Waals surface area contributed by atoms with Gasteiger partial charge in [-0.05, 0) is 31.6 Å². The van der Waals surface area contributed by atoms with Crippen molar-refractivity contribution in [2.75, 3.05) is 13.2 Å². The molecule has 0 amide bonds. The first-order valence-electron chi connectivity index (χ1n) is 6.32. The van der Waals surface area contributed by atoms with E-state index < -0.39 is 0 Å². The van der Waals surface area contributed by atoms with Crippen LogP contribution in [0, 0.1) is 11.3 Å². The van der Waals surface area contributed by atoms with Crippen LogP contribution in [0.3, 0.4) is 0 Å². The van der Waals surface area contributed by atoms with Gasteiger partial charge in [-0.15, -0.1) is 0 Å². The fourth-order valence-corrected chi connectivity index (χ4v) is 2.09. The minimum atomic E-state index is -0.0115. The number of hydrogen-bond donors (Lipinski definition) is 1. The second-order valence-electron chi connectivity index (χ2n) is 5.90. The lowest BCUT2D eigenvalue weighted by atomic mass is 9.96. The van der Waals surface area contributed by atoms with Crippen LogP contribution in [0.5, 0.6) is 0 Å². The van der Waals surface area contributed by atoms with Gasteiger partial charge in [0.2, 0.25) is 0 Å². The van der Waals surface area contributed by atoms with Crippen molar-refractivity contribution in [2.24, 2.45) is 11.3 Å². The second kappa shape index (κ2) is 5.67. The molecule has 0 heterocycles. The maximum Gasteiger partial charge on any atom is 0.308 e. The Morgan fingerprint density at radius 3 is 2.62 bits per heavy atom. The predicted molar refractivity (Wildman–Crippen MR) is 65.2 cm³/mol. The molecule has 0 aromatic carbocycles. The largest absolute Gasteiger partial charge is 0.466 e. The highest BCUT2D eigenvalue weighted by atomic mass is 16.5. The molecule has 1 aliphatic rings. The molecule has 2 atom stereocenters. The summed E-state index contributed by atoms with van der Waals surface area (Å²) in [5.74, 6) is 0.111. The van der Waals surface area contributed by atoms with Crippen LogP contribution in [0.15, 0.2) is 0 Å². The number of nitrogens with one attached hydrogen (secondary N) is 1. The van der Waals surface area contributed by atoms with Crippen LogP contribution < -0.4 is 5.32 Å². The molecule has 1 fully saturated rings. The molecule has 0 aromatic rings. The van der Waals surface area contributed by atoms with E-state index in [2.05, 4.69) is 26.1 Å². The lowest BCUT2D eigenvalue weighted by Gasteiger charge is -2.22. The minimum Gasteiger partial charge on any atom is -0.466 e. The molecule has 3 heteroatoms. The van der Waals surface area contributed by atoms with Gasteiger partial charge >= 0.3 is 5.97 Å². The van der Waals surface area contributed by atoms with Crippen molar-refractivity contribution in [1.82, 2.24) is 5.32 Å². The first-order chi connectivity index (χ1) is 7.42. The van der Waals surface area contributed by atoms with E-state index in [1.165, 1.54) is 0 Å². The monoisotopic (exact) mass is 227 g/mol. The molecule has 3 nitrogen and oxygen atoms in total. The van der Waals surface area contributed by atoms with Gasteiger partial charge in [0.25, 0.3) is 0 Å². The Balaban J connectivity index is 2.27. The zero-order chi connectivity index (χ0) is 12.2. The molecule has 0 radical (unpaired) electrons. The number of rotatable bonds is 4. The van der Waals surface area contributed by atoms with Crippen LogP contribution in [-0.4, -0.2) is 25.2 Å². The van der Waals surface area contributed by atoms with Crippen LogP contribution in [0.25, 0.3) is 0 Å². The van der Waals surface area contributed by atoms with Gasteiger partial charge in [-0.2, -0.15) is 0 Å². The van der Waals surface area contributed by atoms with E-state index in [-0.39, 0.29) is 11.9 Å². The number of ether oxygens (including phenoxy) is 1. The Labute approximate surface area is 98.9 Å². The van der Waals surface area contributed by atoms with Crippen LogP contribution in [-0.2, 0) is 9.53 Å². The Morgan fingerprint density at radius 1 is 1.38 bits per heavy atom. The van der Waals surface area contributed by atoms with E-state index in [1.54, 1.807) is 0 Å². The Hall–Kier alpha value is -0.570. The van der Waals surface area contributed by atoms with Crippen LogP contribution in [0.4, 0.5) is 0 Å². The highest BCUT2D eigenvalue weighted by Gasteiger charge is 2.31. The van der Waals surface area contributed by atoms with Gasteiger partial charge in [0.15, 0.2) is 0 Å². The fourth-order valence-electron chi connectivity index (χ4n) is 2.09. The molecular formula is C13H25NO2. The third-order valence-corrected chi connectivity index (χ3v) is 2.97. The summed E-state index contributed by atoms with van der Waals surface area (Å²) < 4.78 is 5.05. The van der Waals surface area contributed by atoms with Crippen molar-refractivity contribution < 1.29 is 9.53 Å². The highest BCUT2D eigenvalue weighted by Crippen LogP contribution is 2.27. The van der Waals surface area contributed by atoms with Crippen LogP contribution in [0.2, 0.25) is 0 Å². The van der Waals surface area contributed by atoms with E-state index in [9.17, 15) is 4.79 Å². The topological polar surface area (TPSA) is 38.3 Å². The van der Waals surface area contributed by atoms with E-state index in [0.29, 0.717) is 18.1 Å². The molecule has 0 saturated heterocycles. The highest BCUT2D eigenvalue weighted by molar-refractivity contribution is 5.72. The number of carbonyl (C=O) groups excluding carboxylic acids is 1. The molecule has 16 heavy (non-hydrogen) atoms. The molecule has 1 N–H and O–H groups in total. The predicted octanol–water partition coefficient (Wildman–Crippen LogP) is 2.35. The average molecular weight is 227 g/mol. The van der Waals surface area contributed by atoms with Crippen molar-refractivity contribution in [1.29, 1.82) is 0 Å². The fraction of sp³-hybridized carbons (Fsp3) is 0.923. The normalized spacial score (nSPS) is 25.8. The first-order valence-corrected chi connectivity index (χ1v) is 6.32. The molecule has 1 rings (SSSR count). The van der Waals surface area contributed by atoms with Crippen molar-refractivity contribution in [3.63, 3.8) is 0 Å². The quantitative estimate of drug-likeness (QED) is 0.749. The Bertz CT molecular complexity index is 233. The van der Waals surface area contributed by atoms with Gasteiger partial charge in [0.1, 0.15) is 0 Å². The summed E-state index contributed by atoms with van der Waals surface area (Å²) in [5.41, 5.74) is 0.308. The van der Waals surface area contributed by atoms with E-state index in [4.69, 9.17) is 4.74 Å². The number of carbonyl (C=O) groups is 1. The van der Waals surface area contributed by atoms with E-state index in [0.717, 1.165) is 25.8 Å². The summed E-state index contributed by atoms with van der Waals surface area (Å²) in [5, 5.41) is 3.54. The van der Waals surface area contributed by atoms with Crippen molar-refractivity contribution in [3.8, 4) is 0 Å². The summed E-state index contributed by atoms with van der Waals surface area (Å²) in [7, 11) is 0. The van der Waals surface area contributed by atoms with Crippen molar-refractivity contribution in [3.05, 3.63) is 0 Å². The summed E-state index contributed by atoms with van der Waals surface area (Å²) in [4.78, 5) is 11.5. The summed E-state index contributed by atoms with van der Waals surface area (Å²) >= 11 is 0. The first kappa shape index (κ1) is 13.5. The van der Waals surface area contributed by atoms with Crippen LogP contribution in [0.1, 0.15) is 47.0 Å². The van der Waals surface area contributed by atoms with Gasteiger partial charge in [0.05, 0.1) is 12.5 Å². The summed E-state index contributed by atoms with van der Waals surface area (Å²) in [6.07, 6.45) is 3.01. The maximum atomic E-state index is 11.5. The lowest BCUT2D eigenvalue weighted by Crippen LogP contribution is -2.34. The standard InChI is InChI=1S/C13H25NO2/c1-5-16-12(15)10-6-7-11(8-10)14-9-13(2,3)4/h10-11,14H,5-9H2,1-4H3. The second-order valence-corrected chi connectivity index (χ2v) is 5.90. The third-order valence-electron chi connectivity index (χ3n) is 2.97. The molecule has 0 aromatic heterocycles. The number of esters is 1. The van der Waals surface area contributed by atoms with Gasteiger partial charge in [-0.1, -0.05) is 20.8 Å². The molecule has 2 unspecified atom stereocenters. The van der Waals surface area contributed by atoms with E-state index >= 15 is 0 Å². The Morgan fingerprint density at radius 2 is 2.06 bits per heavy atom. The molecule has 1 saturated carbocycles. The molecule has 0 bridgehead atoms. The minimum absolute atomic E-state index is 0.0115. The number of hydrogen-bond acceptors (Lipinski definition) is 3. The SMILES string of the molecule is CCOC(=O)C1CCC(NCC(C)(C)C)C1. The Kier molecular flexibility index (Phi) is 4.78. The molecule has 94 valence electrons.